The van der Waals surface area contributed by atoms with Gasteiger partial charge in [0.2, 0.25) is 5.91 Å². The molecule has 10 heteroatoms. The van der Waals surface area contributed by atoms with Gasteiger partial charge in [-0.3, -0.25) is 10.1 Å². The van der Waals surface area contributed by atoms with Crippen molar-refractivity contribution in [2.75, 3.05) is 17.7 Å². The SMILES string of the molecule is CNC(=O)[C@@H]1Cc2ccc(-n3nc(C(C)(C)C)cc3NC(=O)Nc3cccc(Cl)c3Cl)cc2CN1. The van der Waals surface area contributed by atoms with Gasteiger partial charge in [0, 0.05) is 25.1 Å². The van der Waals surface area contributed by atoms with Crippen LogP contribution in [0.15, 0.2) is 42.5 Å². The summed E-state index contributed by atoms with van der Waals surface area (Å²) in [7, 11) is 1.64. The van der Waals surface area contributed by atoms with Crippen LogP contribution >= 0.6 is 23.2 Å². The number of hydrogen-bond donors (Lipinski definition) is 4. The highest BCUT2D eigenvalue weighted by atomic mass is 35.5. The Labute approximate surface area is 214 Å². The number of halogens is 2. The standard InChI is InChI=1S/C25H28Cl2N6O2/c1-25(2,3)20-12-21(31-24(35)30-18-7-5-6-17(26)22(18)27)33(32-20)16-9-8-14-11-19(23(34)28-4)29-13-15(14)10-16/h5-10,12,19,29H,11,13H2,1-4H3,(H,28,34)(H2,30,31,35)/t19-/m0/s1. The Kier molecular flexibility index (Phi) is 7.07. The third-order valence-corrected chi connectivity index (χ3v) is 6.70. The highest BCUT2D eigenvalue weighted by Gasteiger charge is 2.25. The van der Waals surface area contributed by atoms with E-state index in [2.05, 4.69) is 42.0 Å². The molecular weight excluding hydrogens is 487 g/mol. The Balaban J connectivity index is 1.63. The zero-order valence-electron chi connectivity index (χ0n) is 20.0. The molecule has 0 saturated heterocycles. The lowest BCUT2D eigenvalue weighted by atomic mass is 9.92. The first-order valence-electron chi connectivity index (χ1n) is 11.3. The van der Waals surface area contributed by atoms with Gasteiger partial charge >= 0.3 is 6.03 Å². The highest BCUT2D eigenvalue weighted by molar-refractivity contribution is 6.44. The van der Waals surface area contributed by atoms with Crippen molar-refractivity contribution in [3.8, 4) is 5.69 Å². The van der Waals surface area contributed by atoms with Gasteiger partial charge < -0.3 is 16.0 Å². The topological polar surface area (TPSA) is 100 Å². The number of nitrogens with zero attached hydrogens (tertiary/aromatic N) is 2. The van der Waals surface area contributed by atoms with E-state index in [1.807, 2.05) is 24.3 Å². The molecule has 0 saturated carbocycles. The number of amides is 3. The monoisotopic (exact) mass is 514 g/mol. The summed E-state index contributed by atoms with van der Waals surface area (Å²) in [5.74, 6) is 0.483. The molecule has 0 unspecified atom stereocenters. The zero-order valence-corrected chi connectivity index (χ0v) is 21.5. The van der Waals surface area contributed by atoms with Crippen LogP contribution in [0.25, 0.3) is 5.69 Å². The molecule has 0 aliphatic carbocycles. The lowest BCUT2D eigenvalue weighted by Crippen LogP contribution is -2.46. The molecule has 2 aromatic carbocycles. The molecule has 184 valence electrons. The molecule has 1 atom stereocenters. The van der Waals surface area contributed by atoms with E-state index in [1.165, 1.54) is 0 Å². The minimum Gasteiger partial charge on any atom is -0.358 e. The summed E-state index contributed by atoms with van der Waals surface area (Å²) in [6.45, 7) is 6.74. The molecule has 1 aromatic heterocycles. The largest absolute Gasteiger partial charge is 0.358 e. The number of anilines is 2. The van der Waals surface area contributed by atoms with Gasteiger partial charge in [-0.2, -0.15) is 5.10 Å². The second-order valence-electron chi connectivity index (χ2n) is 9.46. The Morgan fingerprint density at radius 3 is 2.57 bits per heavy atom. The van der Waals surface area contributed by atoms with Crippen LogP contribution in [-0.4, -0.2) is 34.8 Å². The zero-order chi connectivity index (χ0) is 25.3. The highest BCUT2D eigenvalue weighted by Crippen LogP contribution is 2.31. The van der Waals surface area contributed by atoms with Gasteiger partial charge in [-0.25, -0.2) is 9.48 Å². The smallest absolute Gasteiger partial charge is 0.324 e. The van der Waals surface area contributed by atoms with E-state index in [9.17, 15) is 9.59 Å². The van der Waals surface area contributed by atoms with Gasteiger partial charge in [-0.05, 0) is 41.8 Å². The Hall–Kier alpha value is -3.07. The van der Waals surface area contributed by atoms with Crippen molar-refractivity contribution >= 4 is 46.6 Å². The fourth-order valence-corrected chi connectivity index (χ4v) is 4.24. The van der Waals surface area contributed by atoms with Crippen LogP contribution in [-0.2, 0) is 23.2 Å². The summed E-state index contributed by atoms with van der Waals surface area (Å²) < 4.78 is 1.71. The first-order chi connectivity index (χ1) is 16.6. The lowest BCUT2D eigenvalue weighted by molar-refractivity contribution is -0.122. The van der Waals surface area contributed by atoms with Gasteiger partial charge in [-0.1, -0.05) is 56.1 Å². The fourth-order valence-electron chi connectivity index (χ4n) is 3.90. The molecule has 0 bridgehead atoms. The molecule has 8 nitrogen and oxygen atoms in total. The number of benzene rings is 2. The average molecular weight is 515 g/mol. The third kappa shape index (κ3) is 5.45. The predicted molar refractivity (Wildman–Crippen MR) is 140 cm³/mol. The van der Waals surface area contributed by atoms with Crippen LogP contribution in [0.3, 0.4) is 0 Å². The predicted octanol–water partition coefficient (Wildman–Crippen LogP) is 4.88. The number of urea groups is 1. The second-order valence-corrected chi connectivity index (χ2v) is 10.2. The van der Waals surface area contributed by atoms with Crippen molar-refractivity contribution in [2.45, 2.75) is 45.2 Å². The number of hydrogen-bond acceptors (Lipinski definition) is 4. The summed E-state index contributed by atoms with van der Waals surface area (Å²) >= 11 is 12.3. The molecule has 1 aliphatic rings. The Bertz CT molecular complexity index is 1280. The molecule has 35 heavy (non-hydrogen) atoms. The molecule has 3 aromatic rings. The number of nitrogens with one attached hydrogen (secondary N) is 4. The molecule has 4 N–H and O–H groups in total. The Morgan fingerprint density at radius 1 is 1.09 bits per heavy atom. The number of carbonyl (C=O) groups is 2. The molecule has 0 radical (unpaired) electrons. The maximum Gasteiger partial charge on any atom is 0.324 e. The van der Waals surface area contributed by atoms with Gasteiger partial charge in [0.15, 0.2) is 0 Å². The second kappa shape index (κ2) is 9.89. The fraction of sp³-hybridized carbons (Fsp3) is 0.320. The quantitative estimate of drug-likeness (QED) is 0.398. The van der Waals surface area contributed by atoms with Crippen LogP contribution in [0.2, 0.25) is 10.0 Å². The van der Waals surface area contributed by atoms with Gasteiger partial charge in [0.05, 0.1) is 33.2 Å². The third-order valence-electron chi connectivity index (χ3n) is 5.88. The van der Waals surface area contributed by atoms with Crippen molar-refractivity contribution in [3.05, 3.63) is 69.3 Å². The van der Waals surface area contributed by atoms with E-state index in [-0.39, 0.29) is 22.4 Å². The normalized spacial score (nSPS) is 15.3. The van der Waals surface area contributed by atoms with Crippen molar-refractivity contribution in [3.63, 3.8) is 0 Å². The van der Waals surface area contributed by atoms with Crippen LogP contribution in [0, 0.1) is 0 Å². The van der Waals surface area contributed by atoms with E-state index in [0.29, 0.717) is 29.5 Å². The van der Waals surface area contributed by atoms with Gasteiger partial charge in [0.25, 0.3) is 0 Å². The Morgan fingerprint density at radius 2 is 1.86 bits per heavy atom. The summed E-state index contributed by atoms with van der Waals surface area (Å²) in [5, 5.41) is 17.0. The van der Waals surface area contributed by atoms with Crippen molar-refractivity contribution in [1.29, 1.82) is 0 Å². The minimum atomic E-state index is -0.469. The minimum absolute atomic E-state index is 0.0288. The van der Waals surface area contributed by atoms with Crippen molar-refractivity contribution < 1.29 is 9.59 Å². The van der Waals surface area contributed by atoms with Crippen LogP contribution in [0.4, 0.5) is 16.3 Å². The summed E-state index contributed by atoms with van der Waals surface area (Å²) in [6.07, 6.45) is 0.607. The van der Waals surface area contributed by atoms with Crippen molar-refractivity contribution in [2.24, 2.45) is 0 Å². The molecule has 2 heterocycles. The number of fused-ring (bicyclic) bond motifs is 1. The number of likely N-dealkylation sites (N-methyl/N-ethyl adjacent to an activating group) is 1. The first kappa shape index (κ1) is 25.0. The lowest BCUT2D eigenvalue weighted by Gasteiger charge is -2.25. The molecule has 1 aliphatic heterocycles. The van der Waals surface area contributed by atoms with Gasteiger partial charge in [-0.15, -0.1) is 0 Å². The van der Waals surface area contributed by atoms with E-state index >= 15 is 0 Å². The maximum absolute atomic E-state index is 12.8. The van der Waals surface area contributed by atoms with Gasteiger partial charge in [0.1, 0.15) is 5.82 Å². The molecule has 0 fully saturated rings. The van der Waals surface area contributed by atoms with Crippen LogP contribution in [0.1, 0.15) is 37.6 Å². The van der Waals surface area contributed by atoms with E-state index in [1.54, 1.807) is 29.9 Å². The van der Waals surface area contributed by atoms with Crippen LogP contribution < -0.4 is 21.3 Å². The van der Waals surface area contributed by atoms with E-state index in [4.69, 9.17) is 28.3 Å². The number of carbonyl (C=O) groups excluding carboxylic acids is 2. The van der Waals surface area contributed by atoms with E-state index < -0.39 is 6.03 Å². The number of rotatable bonds is 4. The number of aromatic nitrogens is 2. The molecular formula is C25H28Cl2N6O2. The maximum atomic E-state index is 12.8. The molecule has 0 spiro atoms. The average Bonchev–Trinajstić information content (AvgIpc) is 3.25. The molecule has 4 rings (SSSR count). The summed E-state index contributed by atoms with van der Waals surface area (Å²) in [4.78, 5) is 24.9. The summed E-state index contributed by atoms with van der Waals surface area (Å²) in [5.41, 5.74) is 3.98. The van der Waals surface area contributed by atoms with Crippen LogP contribution in [0.5, 0.6) is 0 Å². The summed E-state index contributed by atoms with van der Waals surface area (Å²) in [6, 6.07) is 12.2. The van der Waals surface area contributed by atoms with E-state index in [0.717, 1.165) is 22.5 Å². The van der Waals surface area contributed by atoms with Crippen molar-refractivity contribution in [1.82, 2.24) is 20.4 Å². The first-order valence-corrected chi connectivity index (χ1v) is 12.0. The molecule has 3 amide bonds.